The molecule has 1 aromatic heterocycles. The number of aromatic nitrogens is 3. The Morgan fingerprint density at radius 1 is 1.39 bits per heavy atom. The zero-order chi connectivity index (χ0) is 12.5. The van der Waals surface area contributed by atoms with Crippen molar-refractivity contribution < 1.29 is 4.79 Å². The Kier molecular flexibility index (Phi) is 3.28. The molecule has 1 aromatic rings. The van der Waals surface area contributed by atoms with Gasteiger partial charge in [-0.2, -0.15) is 0 Å². The van der Waals surface area contributed by atoms with E-state index in [1.807, 2.05) is 6.92 Å². The molecule has 0 aromatic carbocycles. The maximum absolute atomic E-state index is 11.5. The van der Waals surface area contributed by atoms with Crippen molar-refractivity contribution in [1.29, 1.82) is 0 Å². The summed E-state index contributed by atoms with van der Waals surface area (Å²) in [6.07, 6.45) is 4.94. The average molecular weight is 266 g/mol. The minimum absolute atomic E-state index is 0.0702. The highest BCUT2D eigenvalue weighted by atomic mass is 32.2. The van der Waals surface area contributed by atoms with Crippen LogP contribution in [0.3, 0.4) is 0 Å². The SMILES string of the molecule is CCNC(=O)CSc1nnc(C2CC2)n1C1CC1. The van der Waals surface area contributed by atoms with Gasteiger partial charge in [0.05, 0.1) is 5.75 Å². The number of nitrogens with one attached hydrogen (secondary N) is 1. The molecule has 1 amide bonds. The largest absolute Gasteiger partial charge is 0.356 e. The number of hydrogen-bond acceptors (Lipinski definition) is 4. The van der Waals surface area contributed by atoms with Crippen LogP contribution in [-0.2, 0) is 4.79 Å². The number of nitrogens with zero attached hydrogens (tertiary/aromatic N) is 3. The fourth-order valence-electron chi connectivity index (χ4n) is 2.06. The minimum atomic E-state index is 0.0702. The summed E-state index contributed by atoms with van der Waals surface area (Å²) < 4.78 is 2.28. The monoisotopic (exact) mass is 266 g/mol. The van der Waals surface area contributed by atoms with Gasteiger partial charge in [0.1, 0.15) is 5.82 Å². The van der Waals surface area contributed by atoms with E-state index < -0.39 is 0 Å². The fourth-order valence-corrected chi connectivity index (χ4v) is 2.90. The predicted octanol–water partition coefficient (Wildman–Crippen LogP) is 1.72. The van der Waals surface area contributed by atoms with Gasteiger partial charge in [-0.1, -0.05) is 11.8 Å². The van der Waals surface area contributed by atoms with E-state index in [1.54, 1.807) is 0 Å². The molecular weight excluding hydrogens is 248 g/mol. The van der Waals surface area contributed by atoms with Crippen LogP contribution in [0.25, 0.3) is 0 Å². The number of rotatable bonds is 6. The van der Waals surface area contributed by atoms with E-state index >= 15 is 0 Å². The number of carbonyl (C=O) groups excluding carboxylic acids is 1. The van der Waals surface area contributed by atoms with E-state index in [-0.39, 0.29) is 5.91 Å². The minimum Gasteiger partial charge on any atom is -0.356 e. The molecule has 0 bridgehead atoms. The lowest BCUT2D eigenvalue weighted by molar-refractivity contribution is -0.118. The van der Waals surface area contributed by atoms with E-state index in [0.717, 1.165) is 11.0 Å². The van der Waals surface area contributed by atoms with Crippen molar-refractivity contribution in [3.63, 3.8) is 0 Å². The maximum atomic E-state index is 11.5. The molecule has 0 saturated heterocycles. The number of hydrogen-bond donors (Lipinski definition) is 1. The molecular formula is C12H18N4OS. The van der Waals surface area contributed by atoms with E-state index in [2.05, 4.69) is 20.1 Å². The first-order valence-electron chi connectivity index (χ1n) is 6.64. The first-order chi connectivity index (χ1) is 8.79. The van der Waals surface area contributed by atoms with Gasteiger partial charge in [0.25, 0.3) is 0 Å². The number of amides is 1. The van der Waals surface area contributed by atoms with Crippen LogP contribution in [0.5, 0.6) is 0 Å². The third-order valence-electron chi connectivity index (χ3n) is 3.25. The first-order valence-corrected chi connectivity index (χ1v) is 7.62. The Labute approximate surface area is 111 Å². The van der Waals surface area contributed by atoms with Crippen LogP contribution in [0.15, 0.2) is 5.16 Å². The predicted molar refractivity (Wildman–Crippen MR) is 69.7 cm³/mol. The third kappa shape index (κ3) is 2.53. The van der Waals surface area contributed by atoms with Crippen molar-refractivity contribution in [3.8, 4) is 0 Å². The van der Waals surface area contributed by atoms with Gasteiger partial charge in [0.2, 0.25) is 5.91 Å². The van der Waals surface area contributed by atoms with Crippen molar-refractivity contribution in [1.82, 2.24) is 20.1 Å². The van der Waals surface area contributed by atoms with Gasteiger partial charge in [0, 0.05) is 18.5 Å². The molecule has 2 saturated carbocycles. The quantitative estimate of drug-likeness (QED) is 0.796. The molecule has 2 aliphatic rings. The van der Waals surface area contributed by atoms with Gasteiger partial charge in [-0.05, 0) is 32.6 Å². The van der Waals surface area contributed by atoms with Crippen molar-refractivity contribution in [2.75, 3.05) is 12.3 Å². The molecule has 3 rings (SSSR count). The summed E-state index contributed by atoms with van der Waals surface area (Å²) in [5.41, 5.74) is 0. The summed E-state index contributed by atoms with van der Waals surface area (Å²) in [7, 11) is 0. The van der Waals surface area contributed by atoms with E-state index in [9.17, 15) is 4.79 Å². The molecule has 6 heteroatoms. The third-order valence-corrected chi connectivity index (χ3v) is 4.19. The summed E-state index contributed by atoms with van der Waals surface area (Å²) in [5, 5.41) is 12.3. The van der Waals surface area contributed by atoms with Gasteiger partial charge in [0.15, 0.2) is 5.16 Å². The van der Waals surface area contributed by atoms with Crippen LogP contribution >= 0.6 is 11.8 Å². The second-order valence-electron chi connectivity index (χ2n) is 4.96. The maximum Gasteiger partial charge on any atom is 0.230 e. The summed E-state index contributed by atoms with van der Waals surface area (Å²) in [5.74, 6) is 2.28. The lowest BCUT2D eigenvalue weighted by atomic mass is 10.4. The number of thioether (sulfide) groups is 1. The molecule has 18 heavy (non-hydrogen) atoms. The fraction of sp³-hybridized carbons (Fsp3) is 0.750. The molecule has 1 heterocycles. The van der Waals surface area contributed by atoms with Gasteiger partial charge < -0.3 is 9.88 Å². The Bertz CT molecular complexity index is 451. The van der Waals surface area contributed by atoms with Crippen LogP contribution in [0.4, 0.5) is 0 Å². The van der Waals surface area contributed by atoms with Crippen LogP contribution in [0.1, 0.15) is 50.4 Å². The first kappa shape index (κ1) is 12.0. The van der Waals surface area contributed by atoms with Crippen molar-refractivity contribution in [2.45, 2.75) is 49.7 Å². The van der Waals surface area contributed by atoms with Crippen molar-refractivity contribution >= 4 is 17.7 Å². The summed E-state index contributed by atoms with van der Waals surface area (Å²) >= 11 is 1.51. The van der Waals surface area contributed by atoms with Crippen molar-refractivity contribution in [2.24, 2.45) is 0 Å². The topological polar surface area (TPSA) is 59.8 Å². The molecule has 0 unspecified atom stereocenters. The Morgan fingerprint density at radius 3 is 2.78 bits per heavy atom. The summed E-state index contributed by atoms with van der Waals surface area (Å²) in [6, 6.07) is 0.590. The molecule has 2 aliphatic carbocycles. The van der Waals surface area contributed by atoms with Gasteiger partial charge in [-0.3, -0.25) is 4.79 Å². The lowest BCUT2D eigenvalue weighted by Crippen LogP contribution is -2.24. The van der Waals surface area contributed by atoms with Gasteiger partial charge in [-0.15, -0.1) is 10.2 Å². The zero-order valence-electron chi connectivity index (χ0n) is 10.6. The van der Waals surface area contributed by atoms with E-state index in [0.29, 0.717) is 24.3 Å². The van der Waals surface area contributed by atoms with E-state index in [4.69, 9.17) is 0 Å². The Balaban J connectivity index is 1.69. The second-order valence-corrected chi connectivity index (χ2v) is 5.90. The van der Waals surface area contributed by atoms with Gasteiger partial charge in [-0.25, -0.2) is 0 Å². The molecule has 98 valence electrons. The Morgan fingerprint density at radius 2 is 2.17 bits per heavy atom. The Hall–Kier alpha value is -1.04. The molecule has 1 N–H and O–H groups in total. The highest BCUT2D eigenvalue weighted by molar-refractivity contribution is 7.99. The zero-order valence-corrected chi connectivity index (χ0v) is 11.4. The lowest BCUT2D eigenvalue weighted by Gasteiger charge is -2.07. The smallest absolute Gasteiger partial charge is 0.230 e. The molecule has 0 radical (unpaired) electrons. The number of carbonyl (C=O) groups is 1. The van der Waals surface area contributed by atoms with Crippen molar-refractivity contribution in [3.05, 3.63) is 5.82 Å². The molecule has 0 aliphatic heterocycles. The molecule has 0 atom stereocenters. The molecule has 5 nitrogen and oxygen atoms in total. The summed E-state index contributed by atoms with van der Waals surface area (Å²) in [6.45, 7) is 2.61. The van der Waals surface area contributed by atoms with Crippen LogP contribution in [0, 0.1) is 0 Å². The van der Waals surface area contributed by atoms with E-state index in [1.165, 1.54) is 37.4 Å². The molecule has 2 fully saturated rings. The normalized spacial score (nSPS) is 18.9. The average Bonchev–Trinajstić information content (AvgIpc) is 3.25. The second kappa shape index (κ2) is 4.91. The van der Waals surface area contributed by atoms with Crippen LogP contribution in [-0.4, -0.2) is 33.0 Å². The standard InChI is InChI=1S/C12H18N4OS/c1-2-13-10(17)7-18-12-15-14-11(8-3-4-8)16(12)9-5-6-9/h8-9H,2-7H2,1H3,(H,13,17). The van der Waals surface area contributed by atoms with Gasteiger partial charge >= 0.3 is 0 Å². The highest BCUT2D eigenvalue weighted by Gasteiger charge is 2.36. The summed E-state index contributed by atoms with van der Waals surface area (Å²) in [4.78, 5) is 11.5. The van der Waals surface area contributed by atoms with Crippen LogP contribution in [0.2, 0.25) is 0 Å². The molecule has 0 spiro atoms. The highest BCUT2D eigenvalue weighted by Crippen LogP contribution is 2.45. The van der Waals surface area contributed by atoms with Crippen LogP contribution < -0.4 is 5.32 Å².